The van der Waals surface area contributed by atoms with E-state index in [1.807, 2.05) is 0 Å². The zero-order valence-electron chi connectivity index (χ0n) is 12.9. The third-order valence-corrected chi connectivity index (χ3v) is 3.57. The summed E-state index contributed by atoms with van der Waals surface area (Å²) in [6, 6.07) is 6.75. The maximum Gasteiger partial charge on any atom is 0.0419 e. The first-order valence-electron chi connectivity index (χ1n) is 7.63. The molecule has 0 saturated heterocycles. The molecule has 106 valence electrons. The molecule has 0 spiro atoms. The fraction of sp³-hybridized carbons (Fsp3) is 0.647. The van der Waals surface area contributed by atoms with Crippen LogP contribution in [0.5, 0.6) is 0 Å². The van der Waals surface area contributed by atoms with Gasteiger partial charge in [0.25, 0.3) is 0 Å². The monoisotopic (exact) mass is 260 g/mol. The molecule has 0 fully saturated rings. The number of rotatable bonds is 6. The first-order valence-corrected chi connectivity index (χ1v) is 7.63. The Hall–Kier alpha value is -1.02. The van der Waals surface area contributed by atoms with Crippen LogP contribution in [0.15, 0.2) is 18.2 Å². The highest BCUT2D eigenvalue weighted by molar-refractivity contribution is 5.61. The normalized spacial score (nSPS) is 14.3. The smallest absolute Gasteiger partial charge is 0.0419 e. The van der Waals surface area contributed by atoms with E-state index in [1.165, 1.54) is 36.3 Å². The number of hydrogen-bond acceptors (Lipinski definition) is 2. The van der Waals surface area contributed by atoms with Crippen LogP contribution in [0.2, 0.25) is 0 Å². The summed E-state index contributed by atoms with van der Waals surface area (Å²) in [6.07, 6.45) is 1.18. The van der Waals surface area contributed by atoms with Crippen LogP contribution in [0.25, 0.3) is 0 Å². The summed E-state index contributed by atoms with van der Waals surface area (Å²) >= 11 is 0. The van der Waals surface area contributed by atoms with Crippen LogP contribution in [0.4, 0.5) is 5.69 Å². The van der Waals surface area contributed by atoms with Crippen LogP contribution in [-0.4, -0.2) is 24.5 Å². The van der Waals surface area contributed by atoms with Gasteiger partial charge in [0.1, 0.15) is 0 Å². The number of fused-ring (bicyclic) bond motifs is 1. The Morgan fingerprint density at radius 2 is 1.79 bits per heavy atom. The molecule has 2 rings (SSSR count). The Labute approximate surface area is 118 Å². The third kappa shape index (κ3) is 3.97. The van der Waals surface area contributed by atoms with Crippen LogP contribution >= 0.6 is 0 Å². The van der Waals surface area contributed by atoms with Crippen LogP contribution in [-0.2, 0) is 13.0 Å². The Morgan fingerprint density at radius 3 is 2.42 bits per heavy atom. The van der Waals surface area contributed by atoms with Crippen molar-refractivity contribution in [2.24, 2.45) is 11.8 Å². The van der Waals surface area contributed by atoms with Crippen molar-refractivity contribution in [3.63, 3.8) is 0 Å². The van der Waals surface area contributed by atoms with Gasteiger partial charge in [-0.2, -0.15) is 0 Å². The predicted molar refractivity (Wildman–Crippen MR) is 83.6 cm³/mol. The standard InChI is InChI=1S/C17H28N2/c1-13(2)10-19(11-14(3)4)12-16-7-5-6-15-8-9-18-17(15)16/h5-7,13-14,18H,8-12H2,1-4H3. The molecule has 2 nitrogen and oxygen atoms in total. The van der Waals surface area contributed by atoms with Gasteiger partial charge >= 0.3 is 0 Å². The molecule has 0 bridgehead atoms. The van der Waals surface area contributed by atoms with Crippen molar-refractivity contribution in [2.75, 3.05) is 25.0 Å². The second-order valence-corrected chi connectivity index (χ2v) is 6.61. The number of anilines is 1. The van der Waals surface area contributed by atoms with Crippen LogP contribution in [0.3, 0.4) is 0 Å². The second kappa shape index (κ2) is 6.42. The lowest BCUT2D eigenvalue weighted by atomic mass is 10.1. The second-order valence-electron chi connectivity index (χ2n) is 6.61. The summed E-state index contributed by atoms with van der Waals surface area (Å²) in [5.41, 5.74) is 4.36. The van der Waals surface area contributed by atoms with Crippen LogP contribution in [0.1, 0.15) is 38.8 Å². The molecule has 2 heteroatoms. The summed E-state index contributed by atoms with van der Waals surface area (Å²) in [5.74, 6) is 1.45. The minimum Gasteiger partial charge on any atom is -0.384 e. The molecule has 0 saturated carbocycles. The van der Waals surface area contributed by atoms with Crippen molar-refractivity contribution in [2.45, 2.75) is 40.7 Å². The summed E-state index contributed by atoms with van der Waals surface area (Å²) < 4.78 is 0. The molecule has 0 aliphatic carbocycles. The van der Waals surface area contributed by atoms with Crippen molar-refractivity contribution in [1.29, 1.82) is 0 Å². The molecule has 0 radical (unpaired) electrons. The lowest BCUT2D eigenvalue weighted by Gasteiger charge is -2.27. The molecule has 0 aromatic heterocycles. The predicted octanol–water partition coefficient (Wildman–Crippen LogP) is 3.77. The molecule has 0 unspecified atom stereocenters. The van der Waals surface area contributed by atoms with Crippen molar-refractivity contribution in [3.05, 3.63) is 29.3 Å². The summed E-state index contributed by atoms with van der Waals surface area (Å²) in [4.78, 5) is 2.60. The van der Waals surface area contributed by atoms with Gasteiger partial charge in [-0.25, -0.2) is 0 Å². The number of hydrogen-bond donors (Lipinski definition) is 1. The van der Waals surface area contributed by atoms with E-state index in [0.29, 0.717) is 0 Å². The van der Waals surface area contributed by atoms with E-state index in [4.69, 9.17) is 0 Å². The Bertz CT molecular complexity index is 400. The van der Waals surface area contributed by atoms with Gasteiger partial charge in [-0.15, -0.1) is 0 Å². The van der Waals surface area contributed by atoms with Gasteiger partial charge in [0, 0.05) is 31.9 Å². The number of para-hydroxylation sites is 1. The van der Waals surface area contributed by atoms with Gasteiger partial charge in [-0.05, 0) is 29.4 Å². The summed E-state index contributed by atoms with van der Waals surface area (Å²) in [7, 11) is 0. The van der Waals surface area contributed by atoms with E-state index in [2.05, 4.69) is 56.1 Å². The van der Waals surface area contributed by atoms with E-state index in [9.17, 15) is 0 Å². The number of benzene rings is 1. The molecule has 1 N–H and O–H groups in total. The Morgan fingerprint density at radius 1 is 1.11 bits per heavy atom. The molecule has 1 heterocycles. The minimum absolute atomic E-state index is 0.725. The maximum atomic E-state index is 3.55. The average molecular weight is 260 g/mol. The fourth-order valence-corrected chi connectivity index (χ4v) is 3.02. The lowest BCUT2D eigenvalue weighted by molar-refractivity contribution is 0.212. The molecular formula is C17H28N2. The molecule has 0 atom stereocenters. The van der Waals surface area contributed by atoms with Gasteiger partial charge in [-0.3, -0.25) is 4.90 Å². The number of nitrogens with zero attached hydrogens (tertiary/aromatic N) is 1. The van der Waals surface area contributed by atoms with Gasteiger partial charge in [0.2, 0.25) is 0 Å². The fourth-order valence-electron chi connectivity index (χ4n) is 3.02. The Kier molecular flexibility index (Phi) is 4.87. The summed E-state index contributed by atoms with van der Waals surface area (Å²) in [5, 5.41) is 3.55. The van der Waals surface area contributed by atoms with E-state index in [0.717, 1.165) is 24.9 Å². The largest absolute Gasteiger partial charge is 0.384 e. The average Bonchev–Trinajstić information content (AvgIpc) is 2.76. The molecule has 0 amide bonds. The highest BCUT2D eigenvalue weighted by atomic mass is 15.1. The molecule has 1 aromatic carbocycles. The molecule has 1 aliphatic heterocycles. The van der Waals surface area contributed by atoms with Crippen molar-refractivity contribution in [3.8, 4) is 0 Å². The van der Waals surface area contributed by atoms with E-state index in [-0.39, 0.29) is 0 Å². The highest BCUT2D eigenvalue weighted by Crippen LogP contribution is 2.27. The number of nitrogens with one attached hydrogen (secondary N) is 1. The van der Waals surface area contributed by atoms with E-state index < -0.39 is 0 Å². The molecule has 19 heavy (non-hydrogen) atoms. The van der Waals surface area contributed by atoms with Crippen molar-refractivity contribution >= 4 is 5.69 Å². The third-order valence-electron chi connectivity index (χ3n) is 3.57. The first kappa shape index (κ1) is 14.4. The first-order chi connectivity index (χ1) is 9.06. The Balaban J connectivity index is 2.10. The van der Waals surface area contributed by atoms with Crippen LogP contribution < -0.4 is 5.32 Å². The van der Waals surface area contributed by atoms with Gasteiger partial charge in [0.15, 0.2) is 0 Å². The lowest BCUT2D eigenvalue weighted by Crippen LogP contribution is -2.31. The molecular weight excluding hydrogens is 232 g/mol. The zero-order valence-corrected chi connectivity index (χ0v) is 12.9. The maximum absolute atomic E-state index is 3.55. The highest BCUT2D eigenvalue weighted by Gasteiger charge is 2.16. The van der Waals surface area contributed by atoms with Crippen molar-refractivity contribution in [1.82, 2.24) is 4.90 Å². The van der Waals surface area contributed by atoms with Gasteiger partial charge in [-0.1, -0.05) is 45.9 Å². The van der Waals surface area contributed by atoms with Gasteiger partial charge in [0.05, 0.1) is 0 Å². The van der Waals surface area contributed by atoms with Crippen molar-refractivity contribution < 1.29 is 0 Å². The SMILES string of the molecule is CC(C)CN(Cc1cccc2c1NCC2)CC(C)C. The molecule has 1 aromatic rings. The summed E-state index contributed by atoms with van der Waals surface area (Å²) in [6.45, 7) is 13.8. The van der Waals surface area contributed by atoms with Gasteiger partial charge < -0.3 is 5.32 Å². The quantitative estimate of drug-likeness (QED) is 0.837. The van der Waals surface area contributed by atoms with E-state index in [1.54, 1.807) is 0 Å². The minimum atomic E-state index is 0.725. The van der Waals surface area contributed by atoms with E-state index >= 15 is 0 Å². The zero-order chi connectivity index (χ0) is 13.8. The topological polar surface area (TPSA) is 15.3 Å². The van der Waals surface area contributed by atoms with Crippen LogP contribution in [0, 0.1) is 11.8 Å². The molecule has 1 aliphatic rings.